The summed E-state index contributed by atoms with van der Waals surface area (Å²) >= 11 is 5.70. The highest BCUT2D eigenvalue weighted by Crippen LogP contribution is 2.11. The summed E-state index contributed by atoms with van der Waals surface area (Å²) in [5.74, 6) is -0.0206. The number of halogens is 1. The van der Waals surface area contributed by atoms with Crippen LogP contribution in [0, 0.1) is 0 Å². The molecule has 0 aliphatic rings. The number of aromatic nitrogens is 2. The van der Waals surface area contributed by atoms with E-state index in [1.165, 1.54) is 11.6 Å². The Bertz CT molecular complexity index is 527. The first-order chi connectivity index (χ1) is 6.86. The molecule has 15 heavy (non-hydrogen) atoms. The predicted octanol–water partition coefficient (Wildman–Crippen LogP) is 0.359. The fourth-order valence-corrected chi connectivity index (χ4v) is 1.40. The van der Waals surface area contributed by atoms with Crippen LogP contribution in [0.4, 0.5) is 5.82 Å². The first-order valence-corrected chi connectivity index (χ1v) is 4.63. The summed E-state index contributed by atoms with van der Waals surface area (Å²) < 4.78 is 2.13. The lowest BCUT2D eigenvalue weighted by Crippen LogP contribution is -2.39. The van der Waals surface area contributed by atoms with E-state index in [0.29, 0.717) is 0 Å². The van der Waals surface area contributed by atoms with Gasteiger partial charge in [-0.2, -0.15) is 0 Å². The molecule has 0 unspecified atom stereocenters. The summed E-state index contributed by atoms with van der Waals surface area (Å²) in [5, 5.41) is -0.140. The number of hydrogen-bond acceptors (Lipinski definition) is 3. The first-order valence-electron chi connectivity index (χ1n) is 4.25. The molecule has 0 aliphatic carbocycles. The Balaban J connectivity index is 3.60. The average molecular weight is 230 g/mol. The zero-order chi connectivity index (χ0) is 11.7. The van der Waals surface area contributed by atoms with Gasteiger partial charge in [-0.05, 0) is 6.92 Å². The van der Waals surface area contributed by atoms with Crippen molar-refractivity contribution >= 4 is 17.4 Å². The Morgan fingerprint density at radius 1 is 1.53 bits per heavy atom. The largest absolute Gasteiger partial charge is 0.384 e. The van der Waals surface area contributed by atoms with Crippen LogP contribution >= 0.6 is 11.6 Å². The van der Waals surface area contributed by atoms with E-state index < -0.39 is 11.2 Å². The Morgan fingerprint density at radius 2 is 2.07 bits per heavy atom. The first kappa shape index (κ1) is 11.6. The lowest BCUT2D eigenvalue weighted by molar-refractivity contribution is 0.650. The summed E-state index contributed by atoms with van der Waals surface area (Å²) in [6.45, 7) is 5.67. The normalized spacial score (nSPS) is 10.3. The maximum atomic E-state index is 11.6. The SMILES string of the molecule is C=C(C)Cn1c(N)c(Cl)c(=O)n(C)c1=O. The number of nitrogens with two attached hydrogens (primary N) is 1. The van der Waals surface area contributed by atoms with Crippen molar-refractivity contribution in [3.05, 3.63) is 38.0 Å². The molecular formula is C9H12ClN3O2. The van der Waals surface area contributed by atoms with Crippen LogP contribution in [0.1, 0.15) is 6.92 Å². The molecule has 0 saturated carbocycles. The van der Waals surface area contributed by atoms with E-state index in [4.69, 9.17) is 17.3 Å². The van der Waals surface area contributed by atoms with Crippen molar-refractivity contribution in [3.8, 4) is 0 Å². The van der Waals surface area contributed by atoms with Crippen LogP contribution in [0.5, 0.6) is 0 Å². The lowest BCUT2D eigenvalue weighted by Gasteiger charge is -2.11. The molecule has 1 rings (SSSR count). The second-order valence-electron chi connectivity index (χ2n) is 3.39. The average Bonchev–Trinajstić information content (AvgIpc) is 2.18. The van der Waals surface area contributed by atoms with E-state index >= 15 is 0 Å². The zero-order valence-corrected chi connectivity index (χ0v) is 9.34. The molecular weight excluding hydrogens is 218 g/mol. The van der Waals surface area contributed by atoms with E-state index in [1.807, 2.05) is 0 Å². The van der Waals surface area contributed by atoms with Gasteiger partial charge in [0.25, 0.3) is 5.56 Å². The second-order valence-corrected chi connectivity index (χ2v) is 3.77. The molecule has 0 fully saturated rings. The van der Waals surface area contributed by atoms with Crippen LogP contribution in [0.25, 0.3) is 0 Å². The number of anilines is 1. The van der Waals surface area contributed by atoms with Gasteiger partial charge in [0.15, 0.2) is 0 Å². The summed E-state index contributed by atoms with van der Waals surface area (Å²) in [4.78, 5) is 23.0. The third-order valence-corrected chi connectivity index (χ3v) is 2.31. The van der Waals surface area contributed by atoms with Crippen LogP contribution in [-0.2, 0) is 13.6 Å². The number of allylic oxidation sites excluding steroid dienone is 1. The molecule has 2 N–H and O–H groups in total. The van der Waals surface area contributed by atoms with Crippen LogP contribution < -0.4 is 17.0 Å². The Hall–Kier alpha value is -1.49. The molecule has 0 radical (unpaired) electrons. The van der Waals surface area contributed by atoms with Crippen molar-refractivity contribution in [2.45, 2.75) is 13.5 Å². The van der Waals surface area contributed by atoms with Crippen LogP contribution in [0.3, 0.4) is 0 Å². The van der Waals surface area contributed by atoms with Crippen molar-refractivity contribution in [2.24, 2.45) is 7.05 Å². The molecule has 1 aromatic heterocycles. The molecule has 0 spiro atoms. The monoisotopic (exact) mass is 229 g/mol. The van der Waals surface area contributed by atoms with E-state index in [1.54, 1.807) is 6.92 Å². The van der Waals surface area contributed by atoms with Crippen molar-refractivity contribution in [2.75, 3.05) is 5.73 Å². The van der Waals surface area contributed by atoms with Crippen molar-refractivity contribution in [1.82, 2.24) is 9.13 Å². The molecule has 1 heterocycles. The summed E-state index contributed by atoms with van der Waals surface area (Å²) in [5.41, 5.74) is 5.25. The number of nitrogen functional groups attached to an aromatic ring is 1. The van der Waals surface area contributed by atoms with E-state index in [-0.39, 0.29) is 17.4 Å². The molecule has 0 aliphatic heterocycles. The van der Waals surface area contributed by atoms with Gasteiger partial charge in [-0.25, -0.2) is 4.79 Å². The van der Waals surface area contributed by atoms with E-state index in [0.717, 1.165) is 10.1 Å². The van der Waals surface area contributed by atoms with E-state index in [2.05, 4.69) is 6.58 Å². The molecule has 0 atom stereocenters. The predicted molar refractivity (Wildman–Crippen MR) is 60.2 cm³/mol. The number of hydrogen-bond donors (Lipinski definition) is 1. The van der Waals surface area contributed by atoms with Gasteiger partial charge in [0.2, 0.25) is 0 Å². The molecule has 5 nitrogen and oxygen atoms in total. The van der Waals surface area contributed by atoms with Gasteiger partial charge < -0.3 is 5.73 Å². The quantitative estimate of drug-likeness (QED) is 0.745. The Labute approximate surface area is 91.4 Å². The van der Waals surface area contributed by atoms with Gasteiger partial charge in [0, 0.05) is 13.6 Å². The third-order valence-electron chi connectivity index (χ3n) is 1.95. The van der Waals surface area contributed by atoms with Crippen LogP contribution in [-0.4, -0.2) is 9.13 Å². The van der Waals surface area contributed by atoms with Gasteiger partial charge in [-0.3, -0.25) is 13.9 Å². The van der Waals surface area contributed by atoms with Crippen molar-refractivity contribution in [3.63, 3.8) is 0 Å². The summed E-state index contributed by atoms with van der Waals surface area (Å²) in [6, 6.07) is 0. The molecule has 0 aromatic carbocycles. The van der Waals surface area contributed by atoms with Gasteiger partial charge in [0.1, 0.15) is 10.8 Å². The standard InChI is InChI=1S/C9H12ClN3O2/c1-5(2)4-13-7(11)6(10)8(14)12(3)9(13)15/h1,4,11H2,2-3H3. The van der Waals surface area contributed by atoms with Crippen LogP contribution in [0.15, 0.2) is 21.7 Å². The molecule has 0 amide bonds. The molecule has 0 saturated heterocycles. The maximum Gasteiger partial charge on any atom is 0.332 e. The Kier molecular flexibility index (Phi) is 3.04. The number of rotatable bonds is 2. The minimum Gasteiger partial charge on any atom is -0.384 e. The minimum atomic E-state index is -0.586. The van der Waals surface area contributed by atoms with Crippen molar-refractivity contribution < 1.29 is 0 Å². The van der Waals surface area contributed by atoms with E-state index in [9.17, 15) is 9.59 Å². The lowest BCUT2D eigenvalue weighted by atomic mass is 10.3. The summed E-state index contributed by atoms with van der Waals surface area (Å²) in [6.07, 6.45) is 0. The fourth-order valence-electron chi connectivity index (χ4n) is 1.17. The second kappa shape index (κ2) is 3.94. The maximum absolute atomic E-state index is 11.6. The highest BCUT2D eigenvalue weighted by molar-refractivity contribution is 6.32. The highest BCUT2D eigenvalue weighted by Gasteiger charge is 2.12. The molecule has 1 aromatic rings. The molecule has 0 bridgehead atoms. The van der Waals surface area contributed by atoms with Gasteiger partial charge in [-0.1, -0.05) is 23.8 Å². The summed E-state index contributed by atoms with van der Waals surface area (Å²) in [7, 11) is 1.35. The molecule has 82 valence electrons. The third kappa shape index (κ3) is 1.97. The zero-order valence-electron chi connectivity index (χ0n) is 8.58. The highest BCUT2D eigenvalue weighted by atomic mass is 35.5. The van der Waals surface area contributed by atoms with Gasteiger partial charge in [-0.15, -0.1) is 0 Å². The minimum absolute atomic E-state index is 0.0206. The van der Waals surface area contributed by atoms with Crippen LogP contribution in [0.2, 0.25) is 5.02 Å². The van der Waals surface area contributed by atoms with Gasteiger partial charge in [0.05, 0.1) is 0 Å². The topological polar surface area (TPSA) is 70.0 Å². The smallest absolute Gasteiger partial charge is 0.332 e. The van der Waals surface area contributed by atoms with Gasteiger partial charge >= 0.3 is 5.69 Å². The fraction of sp³-hybridized carbons (Fsp3) is 0.333. The Morgan fingerprint density at radius 3 is 2.53 bits per heavy atom. The van der Waals surface area contributed by atoms with Crippen molar-refractivity contribution in [1.29, 1.82) is 0 Å². The molecule has 6 heteroatoms. The number of nitrogens with zero attached hydrogens (tertiary/aromatic N) is 2.